The highest BCUT2D eigenvalue weighted by atomic mass is 32.1. The normalized spacial score (nSPS) is 10.1. The average Bonchev–Trinajstić information content (AvgIpc) is 2.90. The summed E-state index contributed by atoms with van der Waals surface area (Å²) in [4.78, 5) is 15.4. The predicted octanol–water partition coefficient (Wildman–Crippen LogP) is 1.71. The first kappa shape index (κ1) is 9.92. The number of hydrogen-bond acceptors (Lipinski definition) is 4. The van der Waals surface area contributed by atoms with E-state index in [-0.39, 0.29) is 5.91 Å². The molecule has 0 unspecified atom stereocenters. The van der Waals surface area contributed by atoms with Crippen LogP contribution >= 0.6 is 11.3 Å². The molecular weight excluding hydrogens is 212 g/mol. The zero-order chi connectivity index (χ0) is 10.5. The van der Waals surface area contributed by atoms with Crippen molar-refractivity contribution in [1.82, 2.24) is 10.3 Å². The van der Waals surface area contributed by atoms with Crippen LogP contribution < -0.4 is 5.32 Å². The Morgan fingerprint density at radius 1 is 1.60 bits per heavy atom. The highest BCUT2D eigenvalue weighted by molar-refractivity contribution is 7.07. The van der Waals surface area contributed by atoms with E-state index in [0.29, 0.717) is 18.7 Å². The number of nitrogens with zero attached hydrogens (tertiary/aromatic N) is 1. The van der Waals surface area contributed by atoms with Crippen LogP contribution in [0, 0.1) is 0 Å². The van der Waals surface area contributed by atoms with E-state index in [9.17, 15) is 4.79 Å². The quantitative estimate of drug-likeness (QED) is 0.856. The third-order valence-electron chi connectivity index (χ3n) is 1.90. The standard InChI is InChI=1S/C10H10N2O2S/c13-10(9-6-15-7-12-9)11-4-3-8-2-1-5-14-8/h1-2,5-7H,3-4H2,(H,11,13). The smallest absolute Gasteiger partial charge is 0.270 e. The molecule has 2 aromatic rings. The Bertz CT molecular complexity index is 409. The van der Waals surface area contributed by atoms with Gasteiger partial charge in [0, 0.05) is 18.3 Å². The third kappa shape index (κ3) is 2.66. The minimum atomic E-state index is -0.136. The van der Waals surface area contributed by atoms with Gasteiger partial charge in [0.2, 0.25) is 0 Å². The molecule has 5 heteroatoms. The number of carbonyl (C=O) groups excluding carboxylic acids is 1. The van der Waals surface area contributed by atoms with Crippen molar-refractivity contribution in [3.05, 3.63) is 40.7 Å². The van der Waals surface area contributed by atoms with Crippen LogP contribution in [0.25, 0.3) is 0 Å². The molecule has 0 aromatic carbocycles. The number of hydrogen-bond donors (Lipinski definition) is 1. The van der Waals surface area contributed by atoms with E-state index in [1.165, 1.54) is 11.3 Å². The minimum absolute atomic E-state index is 0.136. The summed E-state index contributed by atoms with van der Waals surface area (Å²) in [5.41, 5.74) is 2.11. The lowest BCUT2D eigenvalue weighted by Crippen LogP contribution is -2.25. The second-order valence-corrected chi connectivity index (χ2v) is 3.68. The lowest BCUT2D eigenvalue weighted by molar-refractivity contribution is 0.0949. The SMILES string of the molecule is O=C(NCCc1ccco1)c1cscn1. The monoisotopic (exact) mass is 222 g/mol. The molecule has 0 aliphatic rings. The molecule has 0 aliphatic heterocycles. The maximum absolute atomic E-state index is 11.4. The number of thiazole rings is 1. The van der Waals surface area contributed by atoms with Crippen molar-refractivity contribution in [2.75, 3.05) is 6.54 Å². The Morgan fingerprint density at radius 2 is 2.53 bits per heavy atom. The van der Waals surface area contributed by atoms with Crippen molar-refractivity contribution in [3.8, 4) is 0 Å². The van der Waals surface area contributed by atoms with Crippen LogP contribution in [0.5, 0.6) is 0 Å². The first-order valence-electron chi connectivity index (χ1n) is 4.55. The maximum Gasteiger partial charge on any atom is 0.270 e. The fraction of sp³-hybridized carbons (Fsp3) is 0.200. The van der Waals surface area contributed by atoms with Crippen LogP contribution in [0.3, 0.4) is 0 Å². The number of carbonyl (C=O) groups is 1. The molecular formula is C10H10N2O2S. The van der Waals surface area contributed by atoms with Gasteiger partial charge in [-0.15, -0.1) is 11.3 Å². The summed E-state index contributed by atoms with van der Waals surface area (Å²) in [6.45, 7) is 0.559. The zero-order valence-corrected chi connectivity index (χ0v) is 8.79. The summed E-state index contributed by atoms with van der Waals surface area (Å²) in [5, 5.41) is 4.49. The Balaban J connectivity index is 1.77. The zero-order valence-electron chi connectivity index (χ0n) is 7.97. The molecule has 0 spiro atoms. The second kappa shape index (κ2) is 4.75. The van der Waals surface area contributed by atoms with Crippen LogP contribution in [0.1, 0.15) is 16.2 Å². The highest BCUT2D eigenvalue weighted by Gasteiger charge is 2.06. The Morgan fingerprint density at radius 3 is 3.20 bits per heavy atom. The van der Waals surface area contributed by atoms with E-state index in [1.54, 1.807) is 17.2 Å². The molecule has 0 saturated carbocycles. The molecule has 0 saturated heterocycles. The van der Waals surface area contributed by atoms with E-state index in [0.717, 1.165) is 5.76 Å². The Hall–Kier alpha value is -1.62. The van der Waals surface area contributed by atoms with Gasteiger partial charge < -0.3 is 9.73 Å². The lowest BCUT2D eigenvalue weighted by Gasteiger charge is -2.00. The Labute approximate surface area is 90.9 Å². The molecule has 78 valence electrons. The molecule has 2 rings (SSSR count). The van der Waals surface area contributed by atoms with Crippen molar-refractivity contribution in [1.29, 1.82) is 0 Å². The number of nitrogens with one attached hydrogen (secondary N) is 1. The maximum atomic E-state index is 11.4. The third-order valence-corrected chi connectivity index (χ3v) is 2.49. The van der Waals surface area contributed by atoms with Gasteiger partial charge in [0.05, 0.1) is 11.8 Å². The Kier molecular flexibility index (Phi) is 3.14. The van der Waals surface area contributed by atoms with Crippen LogP contribution in [-0.2, 0) is 6.42 Å². The van der Waals surface area contributed by atoms with E-state index in [2.05, 4.69) is 10.3 Å². The van der Waals surface area contributed by atoms with E-state index >= 15 is 0 Å². The summed E-state index contributed by atoms with van der Waals surface area (Å²) < 4.78 is 5.14. The molecule has 0 aliphatic carbocycles. The van der Waals surface area contributed by atoms with Crippen LogP contribution in [0.2, 0.25) is 0 Å². The van der Waals surface area contributed by atoms with Gasteiger partial charge in [0.15, 0.2) is 0 Å². The summed E-state index contributed by atoms with van der Waals surface area (Å²) in [5.74, 6) is 0.733. The minimum Gasteiger partial charge on any atom is -0.469 e. The average molecular weight is 222 g/mol. The van der Waals surface area contributed by atoms with Crippen molar-refractivity contribution >= 4 is 17.2 Å². The molecule has 15 heavy (non-hydrogen) atoms. The molecule has 4 nitrogen and oxygen atoms in total. The van der Waals surface area contributed by atoms with E-state index in [1.807, 2.05) is 12.1 Å². The van der Waals surface area contributed by atoms with Crippen LogP contribution in [0.15, 0.2) is 33.7 Å². The topological polar surface area (TPSA) is 55.1 Å². The van der Waals surface area contributed by atoms with Crippen molar-refractivity contribution < 1.29 is 9.21 Å². The van der Waals surface area contributed by atoms with E-state index in [4.69, 9.17) is 4.42 Å². The van der Waals surface area contributed by atoms with Gasteiger partial charge in [-0.05, 0) is 12.1 Å². The van der Waals surface area contributed by atoms with E-state index < -0.39 is 0 Å². The summed E-state index contributed by atoms with van der Waals surface area (Å²) in [7, 11) is 0. The van der Waals surface area contributed by atoms with Gasteiger partial charge in [-0.25, -0.2) is 4.98 Å². The highest BCUT2D eigenvalue weighted by Crippen LogP contribution is 2.02. The molecule has 0 radical (unpaired) electrons. The first-order valence-corrected chi connectivity index (χ1v) is 5.49. The molecule has 1 amide bonds. The number of rotatable bonds is 4. The number of aromatic nitrogens is 1. The second-order valence-electron chi connectivity index (χ2n) is 2.96. The summed E-state index contributed by atoms with van der Waals surface area (Å²) in [6, 6.07) is 3.71. The molecule has 0 fully saturated rings. The summed E-state index contributed by atoms with van der Waals surface area (Å²) >= 11 is 1.41. The van der Waals surface area contributed by atoms with Crippen LogP contribution in [-0.4, -0.2) is 17.4 Å². The largest absolute Gasteiger partial charge is 0.469 e. The molecule has 0 bridgehead atoms. The van der Waals surface area contributed by atoms with Crippen molar-refractivity contribution in [2.45, 2.75) is 6.42 Å². The van der Waals surface area contributed by atoms with Crippen molar-refractivity contribution in [2.24, 2.45) is 0 Å². The van der Waals surface area contributed by atoms with Gasteiger partial charge in [-0.2, -0.15) is 0 Å². The first-order chi connectivity index (χ1) is 7.36. The molecule has 2 heterocycles. The molecule has 2 aromatic heterocycles. The number of furan rings is 1. The fourth-order valence-corrected chi connectivity index (χ4v) is 1.70. The number of amides is 1. The van der Waals surface area contributed by atoms with Gasteiger partial charge >= 0.3 is 0 Å². The van der Waals surface area contributed by atoms with Crippen molar-refractivity contribution in [3.63, 3.8) is 0 Å². The summed E-state index contributed by atoms with van der Waals surface area (Å²) in [6.07, 6.45) is 2.32. The predicted molar refractivity (Wildman–Crippen MR) is 56.9 cm³/mol. The van der Waals surface area contributed by atoms with Gasteiger partial charge in [-0.1, -0.05) is 0 Å². The van der Waals surface area contributed by atoms with Gasteiger partial charge in [-0.3, -0.25) is 4.79 Å². The molecule has 1 N–H and O–H groups in total. The lowest BCUT2D eigenvalue weighted by atomic mass is 10.3. The van der Waals surface area contributed by atoms with Gasteiger partial charge in [0.25, 0.3) is 5.91 Å². The van der Waals surface area contributed by atoms with Gasteiger partial charge in [0.1, 0.15) is 11.5 Å². The van der Waals surface area contributed by atoms with Crippen LogP contribution in [0.4, 0.5) is 0 Å². The molecule has 0 atom stereocenters. The fourth-order valence-electron chi connectivity index (χ4n) is 1.17.